The standard InChI is InChI=1S/C18H18N2O4/c1-18(2)17(22)20-14-9-11(7-8-15(14)24-18)16(21)19-12-5-4-6-13(10-12)23-3/h4-10H,1-3H3,(H,19,21)(H,20,22). The van der Waals surface area contributed by atoms with Gasteiger partial charge in [0.05, 0.1) is 12.8 Å². The van der Waals surface area contributed by atoms with Gasteiger partial charge in [-0.2, -0.15) is 0 Å². The second kappa shape index (κ2) is 5.88. The van der Waals surface area contributed by atoms with Crippen LogP contribution >= 0.6 is 0 Å². The van der Waals surface area contributed by atoms with Crippen molar-refractivity contribution in [2.45, 2.75) is 19.4 Å². The van der Waals surface area contributed by atoms with Gasteiger partial charge in [0.25, 0.3) is 11.8 Å². The summed E-state index contributed by atoms with van der Waals surface area (Å²) in [6.07, 6.45) is 0. The minimum absolute atomic E-state index is 0.250. The molecule has 0 fully saturated rings. The number of anilines is 2. The lowest BCUT2D eigenvalue weighted by atomic mass is 10.0. The van der Waals surface area contributed by atoms with Gasteiger partial charge in [-0.1, -0.05) is 6.07 Å². The van der Waals surface area contributed by atoms with Gasteiger partial charge in [-0.25, -0.2) is 0 Å². The predicted molar refractivity (Wildman–Crippen MR) is 90.7 cm³/mol. The highest BCUT2D eigenvalue weighted by atomic mass is 16.5. The zero-order valence-corrected chi connectivity index (χ0v) is 13.7. The van der Waals surface area contributed by atoms with Gasteiger partial charge in [0, 0.05) is 17.3 Å². The summed E-state index contributed by atoms with van der Waals surface area (Å²) in [6, 6.07) is 12.0. The fourth-order valence-electron chi connectivity index (χ4n) is 2.36. The van der Waals surface area contributed by atoms with Gasteiger partial charge in [-0.15, -0.1) is 0 Å². The van der Waals surface area contributed by atoms with Crippen molar-refractivity contribution in [3.05, 3.63) is 48.0 Å². The van der Waals surface area contributed by atoms with E-state index in [-0.39, 0.29) is 11.8 Å². The first kappa shape index (κ1) is 15.9. The van der Waals surface area contributed by atoms with Crippen LogP contribution in [0.3, 0.4) is 0 Å². The molecule has 0 saturated heterocycles. The second-order valence-corrected chi connectivity index (χ2v) is 5.96. The highest BCUT2D eigenvalue weighted by molar-refractivity contribution is 6.07. The number of methoxy groups -OCH3 is 1. The van der Waals surface area contributed by atoms with Crippen molar-refractivity contribution in [1.29, 1.82) is 0 Å². The molecular formula is C18H18N2O4. The van der Waals surface area contributed by atoms with Crippen LogP contribution in [0.4, 0.5) is 11.4 Å². The molecule has 1 aliphatic heterocycles. The molecule has 2 amide bonds. The van der Waals surface area contributed by atoms with E-state index in [1.807, 2.05) is 0 Å². The topological polar surface area (TPSA) is 76.7 Å². The van der Waals surface area contributed by atoms with Crippen molar-refractivity contribution in [1.82, 2.24) is 0 Å². The molecule has 0 bridgehead atoms. The van der Waals surface area contributed by atoms with Crippen LogP contribution in [0.2, 0.25) is 0 Å². The Hall–Kier alpha value is -3.02. The normalized spacial score (nSPS) is 14.9. The predicted octanol–water partition coefficient (Wildman–Crippen LogP) is 3.06. The van der Waals surface area contributed by atoms with Crippen molar-refractivity contribution in [2.75, 3.05) is 17.7 Å². The fraction of sp³-hybridized carbons (Fsp3) is 0.222. The Morgan fingerprint density at radius 3 is 2.75 bits per heavy atom. The molecular weight excluding hydrogens is 308 g/mol. The summed E-state index contributed by atoms with van der Waals surface area (Å²) in [6.45, 7) is 3.38. The van der Waals surface area contributed by atoms with E-state index in [2.05, 4.69) is 10.6 Å². The third kappa shape index (κ3) is 3.03. The van der Waals surface area contributed by atoms with Crippen LogP contribution in [-0.2, 0) is 4.79 Å². The zero-order valence-electron chi connectivity index (χ0n) is 13.7. The quantitative estimate of drug-likeness (QED) is 0.909. The molecule has 2 aromatic rings. The van der Waals surface area contributed by atoms with Crippen molar-refractivity contribution in [2.24, 2.45) is 0 Å². The number of carbonyl (C=O) groups excluding carboxylic acids is 2. The largest absolute Gasteiger partial charge is 0.497 e. The molecule has 0 radical (unpaired) electrons. The molecule has 0 aliphatic carbocycles. The lowest BCUT2D eigenvalue weighted by Crippen LogP contribution is -2.45. The number of nitrogens with one attached hydrogen (secondary N) is 2. The van der Waals surface area contributed by atoms with Gasteiger partial charge >= 0.3 is 0 Å². The minimum atomic E-state index is -0.933. The van der Waals surface area contributed by atoms with Gasteiger partial charge in [-0.3, -0.25) is 9.59 Å². The van der Waals surface area contributed by atoms with E-state index >= 15 is 0 Å². The molecule has 6 heteroatoms. The Morgan fingerprint density at radius 1 is 1.21 bits per heavy atom. The molecule has 6 nitrogen and oxygen atoms in total. The van der Waals surface area contributed by atoms with E-state index in [0.29, 0.717) is 28.4 Å². The van der Waals surface area contributed by atoms with Crippen LogP contribution in [0.1, 0.15) is 24.2 Å². The highest BCUT2D eigenvalue weighted by Crippen LogP contribution is 2.34. The molecule has 0 unspecified atom stereocenters. The first-order chi connectivity index (χ1) is 11.4. The van der Waals surface area contributed by atoms with E-state index in [0.717, 1.165) is 0 Å². The summed E-state index contributed by atoms with van der Waals surface area (Å²) in [5.41, 5.74) is 0.591. The van der Waals surface area contributed by atoms with E-state index in [4.69, 9.17) is 9.47 Å². The molecule has 124 valence electrons. The number of hydrogen-bond acceptors (Lipinski definition) is 4. The van der Waals surface area contributed by atoms with Crippen molar-refractivity contribution < 1.29 is 19.1 Å². The second-order valence-electron chi connectivity index (χ2n) is 5.96. The van der Waals surface area contributed by atoms with Crippen LogP contribution < -0.4 is 20.1 Å². The summed E-state index contributed by atoms with van der Waals surface area (Å²) in [4.78, 5) is 24.4. The molecule has 0 atom stereocenters. The number of benzene rings is 2. The van der Waals surface area contributed by atoms with Crippen LogP contribution in [0.5, 0.6) is 11.5 Å². The average molecular weight is 326 g/mol. The molecule has 0 saturated carbocycles. The van der Waals surface area contributed by atoms with Crippen molar-refractivity contribution in [3.8, 4) is 11.5 Å². The van der Waals surface area contributed by atoms with Gasteiger partial charge < -0.3 is 20.1 Å². The Labute approximate surface area is 139 Å². The van der Waals surface area contributed by atoms with Crippen LogP contribution in [-0.4, -0.2) is 24.5 Å². The maximum Gasteiger partial charge on any atom is 0.268 e. The molecule has 0 aromatic heterocycles. The van der Waals surface area contributed by atoms with Crippen LogP contribution in [0.25, 0.3) is 0 Å². The Kier molecular flexibility index (Phi) is 3.89. The molecule has 1 aliphatic rings. The minimum Gasteiger partial charge on any atom is -0.497 e. The van der Waals surface area contributed by atoms with Gasteiger partial charge in [0.15, 0.2) is 5.60 Å². The van der Waals surface area contributed by atoms with Crippen molar-refractivity contribution >= 4 is 23.2 Å². The Balaban J connectivity index is 1.82. The number of ether oxygens (including phenoxy) is 2. The lowest BCUT2D eigenvalue weighted by molar-refractivity contribution is -0.129. The fourth-order valence-corrected chi connectivity index (χ4v) is 2.36. The zero-order chi connectivity index (χ0) is 17.3. The summed E-state index contributed by atoms with van der Waals surface area (Å²) in [5.74, 6) is 0.657. The maximum absolute atomic E-state index is 12.4. The summed E-state index contributed by atoms with van der Waals surface area (Å²) in [7, 11) is 1.56. The van der Waals surface area contributed by atoms with E-state index < -0.39 is 5.60 Å². The highest BCUT2D eigenvalue weighted by Gasteiger charge is 2.35. The number of carbonyl (C=O) groups is 2. The number of fused-ring (bicyclic) bond motifs is 1. The van der Waals surface area contributed by atoms with E-state index in [1.54, 1.807) is 63.4 Å². The molecule has 2 N–H and O–H groups in total. The number of hydrogen-bond donors (Lipinski definition) is 2. The van der Waals surface area contributed by atoms with Gasteiger partial charge in [-0.05, 0) is 44.2 Å². The molecule has 1 heterocycles. The number of amides is 2. The molecule has 2 aromatic carbocycles. The first-order valence-electron chi connectivity index (χ1n) is 7.49. The van der Waals surface area contributed by atoms with E-state index in [1.165, 1.54) is 0 Å². The number of rotatable bonds is 3. The molecule has 24 heavy (non-hydrogen) atoms. The lowest BCUT2D eigenvalue weighted by Gasteiger charge is -2.31. The summed E-state index contributed by atoms with van der Waals surface area (Å²) >= 11 is 0. The smallest absolute Gasteiger partial charge is 0.268 e. The monoisotopic (exact) mass is 326 g/mol. The third-order valence-corrected chi connectivity index (χ3v) is 3.73. The Morgan fingerprint density at radius 2 is 2.00 bits per heavy atom. The Bertz CT molecular complexity index is 814. The van der Waals surface area contributed by atoms with Crippen molar-refractivity contribution in [3.63, 3.8) is 0 Å². The van der Waals surface area contributed by atoms with Crippen LogP contribution in [0, 0.1) is 0 Å². The van der Waals surface area contributed by atoms with Gasteiger partial charge in [0.2, 0.25) is 0 Å². The summed E-state index contributed by atoms with van der Waals surface area (Å²) in [5, 5.41) is 5.56. The average Bonchev–Trinajstić information content (AvgIpc) is 2.55. The molecule has 0 spiro atoms. The molecule has 3 rings (SSSR count). The summed E-state index contributed by atoms with van der Waals surface area (Å²) < 4.78 is 10.8. The van der Waals surface area contributed by atoms with E-state index in [9.17, 15) is 9.59 Å². The van der Waals surface area contributed by atoms with Gasteiger partial charge in [0.1, 0.15) is 11.5 Å². The third-order valence-electron chi connectivity index (χ3n) is 3.73. The maximum atomic E-state index is 12.4. The van der Waals surface area contributed by atoms with Crippen LogP contribution in [0.15, 0.2) is 42.5 Å². The SMILES string of the molecule is COc1cccc(NC(=O)c2ccc3c(c2)NC(=O)C(C)(C)O3)c1. The first-order valence-corrected chi connectivity index (χ1v) is 7.49.